The number of hydrogen-bond acceptors (Lipinski definition) is 6. The highest BCUT2D eigenvalue weighted by Crippen LogP contribution is 2.23. The van der Waals surface area contributed by atoms with Gasteiger partial charge in [0.25, 0.3) is 0 Å². The van der Waals surface area contributed by atoms with E-state index in [0.717, 1.165) is 16.0 Å². The fraction of sp³-hybridized carbons (Fsp3) is 0.353. The third-order valence-electron chi connectivity index (χ3n) is 3.52. The number of ether oxygens (including phenoxy) is 2. The molecule has 0 saturated heterocycles. The molecule has 0 unspecified atom stereocenters. The highest BCUT2D eigenvalue weighted by Gasteiger charge is 2.13. The second-order valence-corrected chi connectivity index (χ2v) is 6.35. The second-order valence-electron chi connectivity index (χ2n) is 5.34. The summed E-state index contributed by atoms with van der Waals surface area (Å²) in [5.41, 5.74) is 1.62. The number of carbonyl (C=O) groups excluding carboxylic acids is 1. The van der Waals surface area contributed by atoms with Gasteiger partial charge in [0.05, 0.1) is 29.1 Å². The summed E-state index contributed by atoms with van der Waals surface area (Å²) in [6.07, 6.45) is 0. The Balaban J connectivity index is 2.08. The fourth-order valence-electron chi connectivity index (χ4n) is 2.40. The molecule has 0 spiro atoms. The number of amides is 1. The maximum absolute atomic E-state index is 12.3. The lowest BCUT2D eigenvalue weighted by Crippen LogP contribution is -2.19. The van der Waals surface area contributed by atoms with Gasteiger partial charge in [-0.1, -0.05) is 16.5 Å². The summed E-state index contributed by atoms with van der Waals surface area (Å²) in [5.74, 6) is 0.463. The van der Waals surface area contributed by atoms with Crippen molar-refractivity contribution in [3.8, 4) is 5.75 Å². The van der Waals surface area contributed by atoms with Crippen LogP contribution < -0.4 is 9.54 Å². The minimum Gasteiger partial charge on any atom is -0.494 e. The van der Waals surface area contributed by atoms with Crippen LogP contribution in [0.25, 0.3) is 10.2 Å². The first kappa shape index (κ1) is 17.4. The summed E-state index contributed by atoms with van der Waals surface area (Å²) < 4.78 is 18.7. The Bertz CT molecular complexity index is 954. The van der Waals surface area contributed by atoms with Crippen LogP contribution >= 0.6 is 11.3 Å². The van der Waals surface area contributed by atoms with Crippen molar-refractivity contribution in [2.24, 2.45) is 4.99 Å². The first-order valence-corrected chi connectivity index (χ1v) is 8.71. The van der Waals surface area contributed by atoms with Crippen molar-refractivity contribution >= 4 is 27.5 Å². The number of carbonyl (C=O) groups is 1. The van der Waals surface area contributed by atoms with Crippen LogP contribution in [-0.4, -0.2) is 36.0 Å². The lowest BCUT2D eigenvalue weighted by molar-refractivity contribution is 0.0962. The maximum atomic E-state index is 12.3. The Labute approximate surface area is 148 Å². The van der Waals surface area contributed by atoms with Gasteiger partial charge < -0.3 is 18.6 Å². The molecule has 7 nitrogen and oxygen atoms in total. The molecule has 25 heavy (non-hydrogen) atoms. The van der Waals surface area contributed by atoms with E-state index >= 15 is 0 Å². The van der Waals surface area contributed by atoms with Gasteiger partial charge in [-0.05, 0) is 32.0 Å². The highest BCUT2D eigenvalue weighted by molar-refractivity contribution is 7.16. The van der Waals surface area contributed by atoms with Gasteiger partial charge >= 0.3 is 5.91 Å². The number of aromatic nitrogens is 2. The maximum Gasteiger partial charge on any atom is 0.318 e. The SMILES string of the molecule is CCOc1ccc2c(c1)sc(=NC(=O)c1cc(C)no1)n2CCOC. The molecule has 132 valence electrons. The van der Waals surface area contributed by atoms with Gasteiger partial charge in [-0.15, -0.1) is 0 Å². The molecule has 0 atom stereocenters. The number of methoxy groups -OCH3 is 1. The van der Waals surface area contributed by atoms with Crippen LogP contribution in [0.1, 0.15) is 23.2 Å². The van der Waals surface area contributed by atoms with Gasteiger partial charge in [0.2, 0.25) is 5.76 Å². The van der Waals surface area contributed by atoms with Gasteiger partial charge in [0.1, 0.15) is 5.75 Å². The van der Waals surface area contributed by atoms with E-state index in [1.165, 1.54) is 11.3 Å². The van der Waals surface area contributed by atoms with E-state index in [-0.39, 0.29) is 5.76 Å². The normalized spacial score (nSPS) is 12.0. The molecular weight excluding hydrogens is 342 g/mol. The second kappa shape index (κ2) is 7.62. The predicted octanol–water partition coefficient (Wildman–Crippen LogP) is 2.79. The lowest BCUT2D eigenvalue weighted by Gasteiger charge is -2.05. The van der Waals surface area contributed by atoms with Crippen LogP contribution in [0, 0.1) is 6.92 Å². The average Bonchev–Trinajstić information content (AvgIpc) is 3.16. The van der Waals surface area contributed by atoms with Gasteiger partial charge in [-0.3, -0.25) is 4.79 Å². The molecule has 0 fully saturated rings. The Hall–Kier alpha value is -2.45. The summed E-state index contributed by atoms with van der Waals surface area (Å²) in [6.45, 7) is 5.40. The largest absolute Gasteiger partial charge is 0.494 e. The molecule has 0 aliphatic carbocycles. The van der Waals surface area contributed by atoms with Crippen LogP contribution in [0.15, 0.2) is 33.8 Å². The molecule has 0 radical (unpaired) electrons. The summed E-state index contributed by atoms with van der Waals surface area (Å²) >= 11 is 1.42. The van der Waals surface area contributed by atoms with Gasteiger partial charge in [-0.2, -0.15) is 4.99 Å². The minimum absolute atomic E-state index is 0.128. The number of thiazole rings is 1. The van der Waals surface area contributed by atoms with Gasteiger partial charge in [0, 0.05) is 19.7 Å². The third-order valence-corrected chi connectivity index (χ3v) is 4.56. The quantitative estimate of drug-likeness (QED) is 0.674. The molecule has 2 heterocycles. The van der Waals surface area contributed by atoms with E-state index < -0.39 is 5.91 Å². The fourth-order valence-corrected chi connectivity index (χ4v) is 3.48. The van der Waals surface area contributed by atoms with E-state index in [0.29, 0.717) is 30.3 Å². The molecule has 2 aromatic heterocycles. The lowest BCUT2D eigenvalue weighted by atomic mass is 10.3. The highest BCUT2D eigenvalue weighted by atomic mass is 32.1. The molecule has 0 aliphatic heterocycles. The van der Waals surface area contributed by atoms with Crippen molar-refractivity contribution in [1.29, 1.82) is 0 Å². The summed E-state index contributed by atoms with van der Waals surface area (Å²) in [6, 6.07) is 7.41. The van der Waals surface area contributed by atoms with Crippen molar-refractivity contribution in [1.82, 2.24) is 9.72 Å². The Morgan fingerprint density at radius 2 is 2.24 bits per heavy atom. The zero-order chi connectivity index (χ0) is 17.8. The van der Waals surface area contributed by atoms with Gasteiger partial charge in [0.15, 0.2) is 4.80 Å². The number of hydrogen-bond donors (Lipinski definition) is 0. The summed E-state index contributed by atoms with van der Waals surface area (Å²) in [5, 5.41) is 3.73. The molecule has 0 N–H and O–H groups in total. The first-order valence-electron chi connectivity index (χ1n) is 7.90. The van der Waals surface area contributed by atoms with Crippen LogP contribution in [0.4, 0.5) is 0 Å². The monoisotopic (exact) mass is 361 g/mol. The summed E-state index contributed by atoms with van der Waals surface area (Å²) in [7, 11) is 1.64. The van der Waals surface area contributed by atoms with Crippen molar-refractivity contribution in [2.45, 2.75) is 20.4 Å². The topological polar surface area (TPSA) is 78.9 Å². The number of rotatable bonds is 6. The van der Waals surface area contributed by atoms with Crippen molar-refractivity contribution in [3.05, 3.63) is 40.5 Å². The number of nitrogens with zero attached hydrogens (tertiary/aromatic N) is 3. The molecule has 1 amide bonds. The predicted molar refractivity (Wildman–Crippen MR) is 94.0 cm³/mol. The molecule has 3 aromatic rings. The standard InChI is InChI=1S/C17H19N3O4S/c1-4-23-12-5-6-13-15(10-12)25-17(20(13)7-8-22-3)18-16(21)14-9-11(2)19-24-14/h5-6,9-10H,4,7-8H2,1-3H3. The molecule has 0 saturated carbocycles. The number of fused-ring (bicyclic) bond motifs is 1. The minimum atomic E-state index is -0.455. The van der Waals surface area contributed by atoms with Crippen molar-refractivity contribution in [3.63, 3.8) is 0 Å². The Morgan fingerprint density at radius 3 is 2.92 bits per heavy atom. The summed E-state index contributed by atoms with van der Waals surface area (Å²) in [4.78, 5) is 17.1. The number of aryl methyl sites for hydroxylation is 1. The molecule has 8 heteroatoms. The average molecular weight is 361 g/mol. The molecular formula is C17H19N3O4S. The Morgan fingerprint density at radius 1 is 1.40 bits per heavy atom. The molecule has 3 rings (SSSR count). The zero-order valence-electron chi connectivity index (χ0n) is 14.3. The first-order chi connectivity index (χ1) is 12.1. The number of benzene rings is 1. The van der Waals surface area contributed by atoms with Crippen LogP contribution in [-0.2, 0) is 11.3 Å². The van der Waals surface area contributed by atoms with Crippen LogP contribution in [0.2, 0.25) is 0 Å². The van der Waals surface area contributed by atoms with E-state index in [9.17, 15) is 4.79 Å². The van der Waals surface area contributed by atoms with Crippen molar-refractivity contribution in [2.75, 3.05) is 20.3 Å². The zero-order valence-corrected chi connectivity index (χ0v) is 15.1. The molecule has 0 bridgehead atoms. The van der Waals surface area contributed by atoms with Gasteiger partial charge in [-0.25, -0.2) is 0 Å². The molecule has 0 aliphatic rings. The van der Waals surface area contributed by atoms with Crippen LogP contribution in [0.5, 0.6) is 5.75 Å². The van der Waals surface area contributed by atoms with E-state index in [1.54, 1.807) is 20.1 Å². The smallest absolute Gasteiger partial charge is 0.318 e. The van der Waals surface area contributed by atoms with Crippen molar-refractivity contribution < 1.29 is 18.8 Å². The van der Waals surface area contributed by atoms with Crippen LogP contribution in [0.3, 0.4) is 0 Å². The van der Waals surface area contributed by atoms with E-state index in [1.807, 2.05) is 29.7 Å². The van der Waals surface area contributed by atoms with E-state index in [2.05, 4.69) is 10.1 Å². The Kier molecular flexibility index (Phi) is 5.30. The third kappa shape index (κ3) is 3.80. The molecule has 1 aromatic carbocycles. The van der Waals surface area contributed by atoms with E-state index in [4.69, 9.17) is 14.0 Å².